The number of Topliss-reactive ketones (excluding diaryl/α,β-unsaturated/α-hetero) is 1. The molecule has 0 aliphatic carbocycles. The van der Waals surface area contributed by atoms with Crippen LogP contribution in [0.25, 0.3) is 11.0 Å². The molecule has 0 saturated carbocycles. The summed E-state index contributed by atoms with van der Waals surface area (Å²) in [7, 11) is 1.53. The fourth-order valence-electron chi connectivity index (χ4n) is 3.13. The highest BCUT2D eigenvalue weighted by molar-refractivity contribution is 9.10. The molecule has 1 aromatic heterocycles. The van der Waals surface area contributed by atoms with E-state index in [-0.39, 0.29) is 31.4 Å². The Balaban J connectivity index is 1.82. The van der Waals surface area contributed by atoms with Gasteiger partial charge in [-0.1, -0.05) is 28.1 Å². The van der Waals surface area contributed by atoms with Gasteiger partial charge < -0.3 is 18.6 Å². The fraction of sp³-hybridized carbons (Fsp3) is 0.292. The molecule has 168 valence electrons. The van der Waals surface area contributed by atoms with Crippen LogP contribution >= 0.6 is 15.9 Å². The van der Waals surface area contributed by atoms with Gasteiger partial charge in [0.15, 0.2) is 12.4 Å². The van der Waals surface area contributed by atoms with E-state index in [1.165, 1.54) is 13.2 Å². The highest BCUT2D eigenvalue weighted by atomic mass is 79.9. The molecule has 0 spiro atoms. The molecule has 32 heavy (non-hydrogen) atoms. The van der Waals surface area contributed by atoms with Crippen LogP contribution in [0.4, 0.5) is 0 Å². The molecule has 3 aromatic rings. The van der Waals surface area contributed by atoms with Crippen LogP contribution in [-0.4, -0.2) is 38.7 Å². The molecule has 0 fully saturated rings. The van der Waals surface area contributed by atoms with Gasteiger partial charge in [0, 0.05) is 41.1 Å². The monoisotopic (exact) mass is 502 g/mol. The largest absolute Gasteiger partial charge is 0.485 e. The molecule has 0 N–H and O–H groups in total. The summed E-state index contributed by atoms with van der Waals surface area (Å²) in [4.78, 5) is 36.3. The molecule has 0 aliphatic heterocycles. The molecule has 8 heteroatoms. The number of halogens is 1. The van der Waals surface area contributed by atoms with Crippen LogP contribution < -0.4 is 10.4 Å². The first-order valence-corrected chi connectivity index (χ1v) is 10.8. The minimum atomic E-state index is -0.471. The Morgan fingerprint density at radius 2 is 1.81 bits per heavy atom. The fourth-order valence-corrected chi connectivity index (χ4v) is 3.40. The van der Waals surface area contributed by atoms with Crippen LogP contribution in [-0.2, 0) is 20.7 Å². The molecule has 0 atom stereocenters. The number of hydrogen-bond acceptors (Lipinski definition) is 7. The van der Waals surface area contributed by atoms with Crippen molar-refractivity contribution in [2.24, 2.45) is 0 Å². The highest BCUT2D eigenvalue weighted by Crippen LogP contribution is 2.29. The molecule has 1 heterocycles. The van der Waals surface area contributed by atoms with Gasteiger partial charge in [0.2, 0.25) is 0 Å². The summed E-state index contributed by atoms with van der Waals surface area (Å²) in [5, 5.41) is 0.735. The van der Waals surface area contributed by atoms with E-state index in [0.29, 0.717) is 35.5 Å². The summed E-state index contributed by atoms with van der Waals surface area (Å²) >= 11 is 3.34. The van der Waals surface area contributed by atoms with Gasteiger partial charge >= 0.3 is 11.6 Å². The van der Waals surface area contributed by atoms with Crippen molar-refractivity contribution in [3.63, 3.8) is 0 Å². The van der Waals surface area contributed by atoms with E-state index in [9.17, 15) is 14.4 Å². The topological polar surface area (TPSA) is 92.0 Å². The molecule has 7 nitrogen and oxygen atoms in total. The Kier molecular flexibility index (Phi) is 8.19. The number of fused-ring (bicyclic) bond motifs is 1. The van der Waals surface area contributed by atoms with Crippen molar-refractivity contribution in [2.45, 2.75) is 19.8 Å². The number of hydrogen-bond donors (Lipinski definition) is 0. The van der Waals surface area contributed by atoms with Gasteiger partial charge in [-0.3, -0.25) is 9.59 Å². The molecular weight excluding hydrogens is 480 g/mol. The number of carbonyl (C=O) groups is 2. The third-order valence-electron chi connectivity index (χ3n) is 4.81. The van der Waals surface area contributed by atoms with Gasteiger partial charge in [-0.05, 0) is 42.7 Å². The van der Waals surface area contributed by atoms with Crippen LogP contribution in [0, 0.1) is 6.92 Å². The zero-order chi connectivity index (χ0) is 23.1. The van der Waals surface area contributed by atoms with E-state index in [1.807, 2.05) is 6.07 Å². The molecule has 0 amide bonds. The average Bonchev–Trinajstić information content (AvgIpc) is 2.76. The maximum absolute atomic E-state index is 12.5. The van der Waals surface area contributed by atoms with Crippen LogP contribution in [0.15, 0.2) is 56.1 Å². The molecule has 0 aliphatic rings. The van der Waals surface area contributed by atoms with Crippen molar-refractivity contribution in [1.29, 1.82) is 0 Å². The predicted octanol–water partition coefficient (Wildman–Crippen LogP) is 4.25. The SMILES string of the molecule is COCCOC(=O)CCc1cc2c(C)cc(=O)oc2cc1OCC(=O)c1ccc(Br)cc1. The van der Waals surface area contributed by atoms with Crippen LogP contribution in [0.1, 0.15) is 27.9 Å². The Hall–Kier alpha value is -2.97. The molecule has 0 saturated heterocycles. The number of ketones is 1. The number of ether oxygens (including phenoxy) is 3. The summed E-state index contributed by atoms with van der Waals surface area (Å²) < 4.78 is 22.0. The van der Waals surface area contributed by atoms with E-state index < -0.39 is 5.63 Å². The molecule has 0 radical (unpaired) electrons. The number of benzene rings is 2. The number of rotatable bonds is 10. The van der Waals surface area contributed by atoms with Gasteiger partial charge in [-0.2, -0.15) is 0 Å². The third kappa shape index (κ3) is 6.27. The first-order valence-electron chi connectivity index (χ1n) is 10.0. The second kappa shape index (κ2) is 11.1. The normalized spacial score (nSPS) is 10.8. The van der Waals surface area contributed by atoms with E-state index >= 15 is 0 Å². The molecule has 0 bridgehead atoms. The first-order chi connectivity index (χ1) is 15.4. The number of methoxy groups -OCH3 is 1. The van der Waals surface area contributed by atoms with Crippen LogP contribution in [0.2, 0.25) is 0 Å². The minimum Gasteiger partial charge on any atom is -0.485 e. The molecule has 2 aromatic carbocycles. The van der Waals surface area contributed by atoms with Crippen molar-refractivity contribution >= 4 is 38.7 Å². The summed E-state index contributed by atoms with van der Waals surface area (Å²) in [5.74, 6) is -0.190. The maximum Gasteiger partial charge on any atom is 0.336 e. The molecule has 3 rings (SSSR count). The standard InChI is InChI=1S/C24H23BrO7/c1-15-11-24(28)32-22-13-21(31-14-20(26)16-3-6-18(25)7-4-16)17(12-19(15)22)5-8-23(27)30-10-9-29-2/h3-4,6-7,11-13H,5,8-10,14H2,1-2H3. The lowest BCUT2D eigenvalue weighted by Crippen LogP contribution is -2.13. The number of esters is 1. The summed E-state index contributed by atoms with van der Waals surface area (Å²) in [6.45, 7) is 2.11. The van der Waals surface area contributed by atoms with Gasteiger partial charge in [-0.15, -0.1) is 0 Å². The van der Waals surface area contributed by atoms with E-state index in [1.54, 1.807) is 37.3 Å². The lowest BCUT2D eigenvalue weighted by atomic mass is 10.0. The first kappa shape index (κ1) is 23.7. The lowest BCUT2D eigenvalue weighted by Gasteiger charge is -2.13. The average molecular weight is 503 g/mol. The smallest absolute Gasteiger partial charge is 0.336 e. The minimum absolute atomic E-state index is 0.127. The van der Waals surface area contributed by atoms with Crippen molar-refractivity contribution in [3.05, 3.63) is 74.0 Å². The third-order valence-corrected chi connectivity index (χ3v) is 5.34. The Morgan fingerprint density at radius 3 is 2.53 bits per heavy atom. The maximum atomic E-state index is 12.5. The van der Waals surface area contributed by atoms with E-state index in [2.05, 4.69) is 15.9 Å². The predicted molar refractivity (Wildman–Crippen MR) is 122 cm³/mol. The quantitative estimate of drug-likeness (QED) is 0.177. The molecule has 0 unspecified atom stereocenters. The Bertz CT molecular complexity index is 1170. The molecular formula is C24H23BrO7. The van der Waals surface area contributed by atoms with Crippen molar-refractivity contribution < 1.29 is 28.2 Å². The van der Waals surface area contributed by atoms with Crippen molar-refractivity contribution in [2.75, 3.05) is 26.9 Å². The summed E-state index contributed by atoms with van der Waals surface area (Å²) in [5.41, 5.74) is 1.85. The van der Waals surface area contributed by atoms with Crippen molar-refractivity contribution in [1.82, 2.24) is 0 Å². The Labute approximate surface area is 193 Å². The Morgan fingerprint density at radius 1 is 1.06 bits per heavy atom. The second-order valence-corrected chi connectivity index (χ2v) is 8.05. The van der Waals surface area contributed by atoms with Crippen molar-refractivity contribution in [3.8, 4) is 5.75 Å². The van der Waals surface area contributed by atoms with Gasteiger partial charge in [0.25, 0.3) is 0 Å². The van der Waals surface area contributed by atoms with Gasteiger partial charge in [0.05, 0.1) is 6.61 Å². The van der Waals surface area contributed by atoms with E-state index in [4.69, 9.17) is 18.6 Å². The summed E-state index contributed by atoms with van der Waals surface area (Å²) in [6.07, 6.45) is 0.462. The van der Waals surface area contributed by atoms with Crippen LogP contribution in [0.5, 0.6) is 5.75 Å². The highest BCUT2D eigenvalue weighted by Gasteiger charge is 2.15. The zero-order valence-corrected chi connectivity index (χ0v) is 19.4. The lowest BCUT2D eigenvalue weighted by molar-refractivity contribution is -0.144. The summed E-state index contributed by atoms with van der Waals surface area (Å²) in [6, 6.07) is 11.8. The second-order valence-electron chi connectivity index (χ2n) is 7.14. The number of aryl methyl sites for hydroxylation is 2. The number of carbonyl (C=O) groups excluding carboxylic acids is 2. The van der Waals surface area contributed by atoms with E-state index in [0.717, 1.165) is 15.4 Å². The van der Waals surface area contributed by atoms with Gasteiger partial charge in [0.1, 0.15) is 17.9 Å². The van der Waals surface area contributed by atoms with Crippen LogP contribution in [0.3, 0.4) is 0 Å². The zero-order valence-electron chi connectivity index (χ0n) is 17.8. The van der Waals surface area contributed by atoms with Gasteiger partial charge in [-0.25, -0.2) is 4.79 Å².